The van der Waals surface area contributed by atoms with Gasteiger partial charge in [0.2, 0.25) is 0 Å². The Morgan fingerprint density at radius 2 is 2.05 bits per heavy atom. The fourth-order valence-corrected chi connectivity index (χ4v) is 5.25. The summed E-state index contributed by atoms with van der Waals surface area (Å²) in [7, 11) is 3.16. The molecule has 2 N–H and O–H groups in total. The Bertz CT molecular complexity index is 1340. The van der Waals surface area contributed by atoms with Crippen molar-refractivity contribution in [2.45, 2.75) is 39.0 Å². The second-order valence-electron chi connectivity index (χ2n) is 9.62. The molecule has 5 rings (SSSR count). The molecule has 1 amide bonds. The van der Waals surface area contributed by atoms with Gasteiger partial charge in [0.1, 0.15) is 30.0 Å². The Kier molecular flexibility index (Phi) is 7.17. The standard InChI is InChI=1S/C26H31ClN6O5/c1-13-23(22-14(2)31-38-15(22)3)29-24(18-8-17(6-7-19(18)27)37-12-16(34)9-28-4)30-25(13)32-10-21-20(32)11-33(21)26(35)36-5/h6-8,16,20-21,28,34H,9-12H2,1-5H3/t16-,20?,21-/m1/s1. The zero-order valence-electron chi connectivity index (χ0n) is 22.0. The minimum Gasteiger partial charge on any atom is -0.491 e. The third-order valence-corrected chi connectivity index (χ3v) is 7.47. The molecule has 0 radical (unpaired) electrons. The van der Waals surface area contributed by atoms with Crippen LogP contribution < -0.4 is 15.0 Å². The molecule has 3 atom stereocenters. The lowest BCUT2D eigenvalue weighted by molar-refractivity contribution is 0.0113. The normalized spacial score (nSPS) is 18.9. The summed E-state index contributed by atoms with van der Waals surface area (Å²) in [5, 5.41) is 17.5. The number of ether oxygens (including phenoxy) is 2. The molecule has 2 fully saturated rings. The molecule has 38 heavy (non-hydrogen) atoms. The van der Waals surface area contributed by atoms with Gasteiger partial charge in [0.25, 0.3) is 0 Å². The highest BCUT2D eigenvalue weighted by atomic mass is 35.5. The number of nitrogens with zero attached hydrogens (tertiary/aromatic N) is 5. The Morgan fingerprint density at radius 3 is 2.68 bits per heavy atom. The van der Waals surface area contributed by atoms with Gasteiger partial charge in [0, 0.05) is 30.8 Å². The molecule has 12 heteroatoms. The Hall–Kier alpha value is -3.41. The molecular weight excluding hydrogens is 512 g/mol. The number of hydrogen-bond acceptors (Lipinski definition) is 10. The summed E-state index contributed by atoms with van der Waals surface area (Å²) < 4.78 is 16.2. The Balaban J connectivity index is 1.54. The number of aliphatic hydroxyl groups excluding tert-OH is 1. The molecular formula is C26H31ClN6O5. The summed E-state index contributed by atoms with van der Waals surface area (Å²) in [6, 6.07) is 5.49. The number of aromatic nitrogens is 3. The Morgan fingerprint density at radius 1 is 1.26 bits per heavy atom. The van der Waals surface area contributed by atoms with E-state index in [9.17, 15) is 9.90 Å². The number of fused-ring (bicyclic) bond motifs is 1. The van der Waals surface area contributed by atoms with E-state index in [1.807, 2.05) is 20.8 Å². The van der Waals surface area contributed by atoms with Gasteiger partial charge < -0.3 is 29.3 Å². The van der Waals surface area contributed by atoms with Crippen LogP contribution in [-0.2, 0) is 4.74 Å². The molecule has 0 bridgehead atoms. The highest BCUT2D eigenvalue weighted by Crippen LogP contribution is 2.42. The molecule has 3 aromatic rings. The van der Waals surface area contributed by atoms with Gasteiger partial charge in [-0.2, -0.15) is 0 Å². The summed E-state index contributed by atoms with van der Waals surface area (Å²) in [4.78, 5) is 25.8. The first-order valence-electron chi connectivity index (χ1n) is 12.4. The number of benzene rings is 1. The van der Waals surface area contributed by atoms with Gasteiger partial charge in [-0.1, -0.05) is 16.8 Å². The summed E-state index contributed by atoms with van der Waals surface area (Å²) in [6.07, 6.45) is -0.968. The first kappa shape index (κ1) is 26.2. The van der Waals surface area contributed by atoms with Crippen LogP contribution in [0.3, 0.4) is 0 Å². The molecule has 4 heterocycles. The second-order valence-corrected chi connectivity index (χ2v) is 10.0. The van der Waals surface area contributed by atoms with Crippen LogP contribution in [0, 0.1) is 20.8 Å². The predicted octanol–water partition coefficient (Wildman–Crippen LogP) is 2.98. The van der Waals surface area contributed by atoms with Crippen molar-refractivity contribution in [1.29, 1.82) is 0 Å². The number of aliphatic hydroxyl groups is 1. The molecule has 2 aromatic heterocycles. The minimum atomic E-state index is -0.654. The average Bonchev–Trinajstić information content (AvgIpc) is 3.22. The number of nitrogens with one attached hydrogen (secondary N) is 1. The van der Waals surface area contributed by atoms with Crippen molar-refractivity contribution in [3.63, 3.8) is 0 Å². The Labute approximate surface area is 225 Å². The SMILES string of the molecule is CNC[C@@H](O)COc1ccc(Cl)c(-c2nc(-c3c(C)noc3C)c(C)c(N3C[C@@H]4C3CN4C(=O)OC)n2)c1. The van der Waals surface area contributed by atoms with Crippen LogP contribution in [0.25, 0.3) is 22.6 Å². The molecule has 2 aliphatic rings. The third kappa shape index (κ3) is 4.55. The molecule has 1 aromatic carbocycles. The van der Waals surface area contributed by atoms with Crippen molar-refractivity contribution in [2.24, 2.45) is 0 Å². The van der Waals surface area contributed by atoms with Crippen molar-refractivity contribution in [3.05, 3.63) is 40.2 Å². The number of halogens is 1. The number of carbonyl (C=O) groups is 1. The van der Waals surface area contributed by atoms with Crippen molar-refractivity contribution >= 4 is 23.5 Å². The first-order valence-corrected chi connectivity index (χ1v) is 12.8. The zero-order chi connectivity index (χ0) is 27.1. The van der Waals surface area contributed by atoms with Crippen molar-refractivity contribution in [3.8, 4) is 28.4 Å². The largest absolute Gasteiger partial charge is 0.491 e. The number of likely N-dealkylation sites (tertiary alicyclic amines) is 1. The molecule has 2 aliphatic heterocycles. The van der Waals surface area contributed by atoms with Gasteiger partial charge >= 0.3 is 6.09 Å². The molecule has 202 valence electrons. The van der Waals surface area contributed by atoms with Crippen LogP contribution in [0.5, 0.6) is 5.75 Å². The van der Waals surface area contributed by atoms with Crippen molar-refractivity contribution in [1.82, 2.24) is 25.3 Å². The number of hydrogen-bond donors (Lipinski definition) is 2. The van der Waals surface area contributed by atoms with Crippen LogP contribution in [-0.4, -0.2) is 89.8 Å². The number of rotatable bonds is 8. The molecule has 0 saturated carbocycles. The van der Waals surface area contributed by atoms with Crippen LogP contribution in [0.15, 0.2) is 22.7 Å². The monoisotopic (exact) mass is 542 g/mol. The minimum absolute atomic E-state index is 0.0899. The molecule has 0 aliphatic carbocycles. The average molecular weight is 543 g/mol. The number of aryl methyl sites for hydroxylation is 2. The highest BCUT2D eigenvalue weighted by molar-refractivity contribution is 6.33. The van der Waals surface area contributed by atoms with Gasteiger partial charge in [-0.3, -0.25) is 4.90 Å². The summed E-state index contributed by atoms with van der Waals surface area (Å²) >= 11 is 6.64. The smallest absolute Gasteiger partial charge is 0.409 e. The number of methoxy groups -OCH3 is 1. The fraction of sp³-hybridized carbons (Fsp3) is 0.462. The predicted molar refractivity (Wildman–Crippen MR) is 142 cm³/mol. The quantitative estimate of drug-likeness (QED) is 0.438. The van der Waals surface area contributed by atoms with E-state index in [4.69, 9.17) is 35.6 Å². The molecule has 0 spiro atoms. The second kappa shape index (κ2) is 10.4. The van der Waals surface area contributed by atoms with E-state index < -0.39 is 6.10 Å². The lowest BCUT2D eigenvalue weighted by Gasteiger charge is -2.61. The van der Waals surface area contributed by atoms with Gasteiger partial charge in [-0.05, 0) is 46.0 Å². The highest BCUT2D eigenvalue weighted by Gasteiger charge is 2.55. The van der Waals surface area contributed by atoms with Gasteiger partial charge in [-0.25, -0.2) is 14.8 Å². The van der Waals surface area contributed by atoms with Gasteiger partial charge in [0.15, 0.2) is 5.82 Å². The zero-order valence-corrected chi connectivity index (χ0v) is 22.7. The summed E-state index contributed by atoms with van der Waals surface area (Å²) in [5.74, 6) is 2.40. The van der Waals surface area contributed by atoms with E-state index in [2.05, 4.69) is 15.4 Å². The van der Waals surface area contributed by atoms with Crippen LogP contribution in [0.2, 0.25) is 5.02 Å². The van der Waals surface area contributed by atoms with Crippen LogP contribution in [0.1, 0.15) is 17.0 Å². The number of likely N-dealkylation sites (N-methyl/N-ethyl adjacent to an activating group) is 1. The topological polar surface area (TPSA) is 126 Å². The van der Waals surface area contributed by atoms with Crippen LogP contribution >= 0.6 is 11.6 Å². The maximum atomic E-state index is 12.0. The number of piperazine rings is 1. The van der Waals surface area contributed by atoms with Gasteiger partial charge in [0.05, 0.1) is 41.2 Å². The van der Waals surface area contributed by atoms with E-state index in [-0.39, 0.29) is 24.8 Å². The van der Waals surface area contributed by atoms with E-state index in [1.165, 1.54) is 7.11 Å². The number of anilines is 1. The van der Waals surface area contributed by atoms with Gasteiger partial charge in [-0.15, -0.1) is 0 Å². The summed E-state index contributed by atoms with van der Waals surface area (Å²) in [6.45, 7) is 7.46. The number of carbonyl (C=O) groups excluding carboxylic acids is 1. The van der Waals surface area contributed by atoms with E-state index >= 15 is 0 Å². The van der Waals surface area contributed by atoms with E-state index in [0.717, 1.165) is 22.6 Å². The fourth-order valence-electron chi connectivity index (χ4n) is 5.05. The van der Waals surface area contributed by atoms with Crippen molar-refractivity contribution < 1.29 is 23.9 Å². The lowest BCUT2D eigenvalue weighted by atomic mass is 9.85. The van der Waals surface area contributed by atoms with Crippen LogP contribution in [0.4, 0.5) is 10.6 Å². The molecule has 1 unspecified atom stereocenters. The maximum absolute atomic E-state index is 12.0. The maximum Gasteiger partial charge on any atom is 0.409 e. The molecule has 2 saturated heterocycles. The third-order valence-electron chi connectivity index (χ3n) is 7.14. The first-order chi connectivity index (χ1) is 18.2. The van der Waals surface area contributed by atoms with E-state index in [0.29, 0.717) is 53.2 Å². The molecule has 11 nitrogen and oxygen atoms in total. The summed E-state index contributed by atoms with van der Waals surface area (Å²) in [5.41, 5.74) is 3.73. The van der Waals surface area contributed by atoms with Crippen molar-refractivity contribution in [2.75, 3.05) is 45.3 Å². The lowest BCUT2D eigenvalue weighted by Crippen LogP contribution is -2.80. The van der Waals surface area contributed by atoms with E-state index in [1.54, 1.807) is 30.1 Å². The number of amides is 1.